The van der Waals surface area contributed by atoms with E-state index in [2.05, 4.69) is 12.0 Å². The summed E-state index contributed by atoms with van der Waals surface area (Å²) in [5.74, 6) is 0.0413. The van der Waals surface area contributed by atoms with Crippen molar-refractivity contribution in [2.75, 3.05) is 6.61 Å². The molecular weight excluding hydrogens is 264 g/mol. The van der Waals surface area contributed by atoms with Gasteiger partial charge in [0.15, 0.2) is 0 Å². The molecule has 1 heterocycles. The largest absolute Gasteiger partial charge is 0.462 e. The fourth-order valence-corrected chi connectivity index (χ4v) is 2.06. The van der Waals surface area contributed by atoms with Crippen LogP contribution in [0.4, 0.5) is 0 Å². The molecule has 0 spiro atoms. The lowest BCUT2D eigenvalue weighted by Crippen LogP contribution is -2.11. The molecule has 1 aromatic carbocycles. The summed E-state index contributed by atoms with van der Waals surface area (Å²) in [7, 11) is 0. The molecule has 21 heavy (non-hydrogen) atoms. The summed E-state index contributed by atoms with van der Waals surface area (Å²) in [6.07, 6.45) is 0. The fraction of sp³-hybridized carbons (Fsp3) is 0.412. The Bertz CT molecular complexity index is 657. The highest BCUT2D eigenvalue weighted by Crippen LogP contribution is 2.18. The zero-order chi connectivity index (χ0) is 15.6. The lowest BCUT2D eigenvalue weighted by Gasteiger charge is -2.09. The fourth-order valence-electron chi connectivity index (χ4n) is 2.06. The average Bonchev–Trinajstić information content (AvgIpc) is 2.72. The van der Waals surface area contributed by atoms with Gasteiger partial charge in [-0.3, -0.25) is 0 Å². The SMILES string of the molecule is Cc1nn(-c2cccc(C(=O)OCC(C)C)c2)c(C)c1C. The van der Waals surface area contributed by atoms with Gasteiger partial charge in [0.1, 0.15) is 0 Å². The van der Waals surface area contributed by atoms with Crippen LogP contribution in [0.1, 0.15) is 41.2 Å². The number of carbonyl (C=O) groups excluding carboxylic acids is 1. The van der Waals surface area contributed by atoms with Crippen LogP contribution in [0.2, 0.25) is 0 Å². The van der Waals surface area contributed by atoms with E-state index in [9.17, 15) is 4.79 Å². The van der Waals surface area contributed by atoms with E-state index in [-0.39, 0.29) is 5.97 Å². The maximum absolute atomic E-state index is 12.0. The molecule has 2 rings (SSSR count). The van der Waals surface area contributed by atoms with Gasteiger partial charge >= 0.3 is 5.97 Å². The van der Waals surface area contributed by atoms with Crippen LogP contribution in [-0.4, -0.2) is 22.4 Å². The first kappa shape index (κ1) is 15.3. The van der Waals surface area contributed by atoms with E-state index in [0.717, 1.165) is 17.1 Å². The van der Waals surface area contributed by atoms with Crippen molar-refractivity contribution in [1.29, 1.82) is 0 Å². The Labute approximate surface area is 125 Å². The Hall–Kier alpha value is -2.10. The zero-order valence-corrected chi connectivity index (χ0v) is 13.3. The maximum atomic E-state index is 12.0. The van der Waals surface area contributed by atoms with Crippen LogP contribution in [0.25, 0.3) is 5.69 Å². The van der Waals surface area contributed by atoms with E-state index in [4.69, 9.17) is 4.74 Å². The predicted molar refractivity (Wildman–Crippen MR) is 82.9 cm³/mol. The van der Waals surface area contributed by atoms with E-state index < -0.39 is 0 Å². The molecule has 0 bridgehead atoms. The third kappa shape index (κ3) is 3.32. The van der Waals surface area contributed by atoms with Crippen molar-refractivity contribution in [3.63, 3.8) is 0 Å². The second-order valence-electron chi connectivity index (χ2n) is 5.75. The topological polar surface area (TPSA) is 44.1 Å². The van der Waals surface area contributed by atoms with Gasteiger partial charge in [0.25, 0.3) is 0 Å². The molecule has 2 aromatic rings. The molecule has 0 aliphatic rings. The Kier molecular flexibility index (Phi) is 4.46. The van der Waals surface area contributed by atoms with E-state index in [0.29, 0.717) is 18.1 Å². The van der Waals surface area contributed by atoms with Gasteiger partial charge in [-0.2, -0.15) is 5.10 Å². The van der Waals surface area contributed by atoms with Crippen molar-refractivity contribution in [2.24, 2.45) is 5.92 Å². The molecular formula is C17H22N2O2. The number of benzene rings is 1. The highest BCUT2D eigenvalue weighted by Gasteiger charge is 2.12. The Balaban J connectivity index is 2.29. The second kappa shape index (κ2) is 6.12. The third-order valence-electron chi connectivity index (χ3n) is 3.53. The number of aryl methyl sites for hydroxylation is 1. The number of nitrogens with zero attached hydrogens (tertiary/aromatic N) is 2. The first-order chi connectivity index (χ1) is 9.90. The van der Waals surface area contributed by atoms with Gasteiger partial charge in [-0.1, -0.05) is 19.9 Å². The Morgan fingerprint density at radius 3 is 2.57 bits per heavy atom. The Morgan fingerprint density at radius 2 is 2.00 bits per heavy atom. The molecule has 1 aromatic heterocycles. The summed E-state index contributed by atoms with van der Waals surface area (Å²) in [5, 5.41) is 4.52. The van der Waals surface area contributed by atoms with Gasteiger partial charge < -0.3 is 4.74 Å². The summed E-state index contributed by atoms with van der Waals surface area (Å²) in [6.45, 7) is 10.5. The number of hydrogen-bond donors (Lipinski definition) is 0. The van der Waals surface area contributed by atoms with Crippen LogP contribution in [0.5, 0.6) is 0 Å². The molecule has 0 radical (unpaired) electrons. The van der Waals surface area contributed by atoms with Gasteiger partial charge in [0.2, 0.25) is 0 Å². The molecule has 112 valence electrons. The van der Waals surface area contributed by atoms with Crippen LogP contribution >= 0.6 is 0 Å². The van der Waals surface area contributed by atoms with Gasteiger partial charge in [-0.15, -0.1) is 0 Å². The van der Waals surface area contributed by atoms with Crippen LogP contribution in [-0.2, 0) is 4.74 Å². The minimum Gasteiger partial charge on any atom is -0.462 e. The predicted octanol–water partition coefficient (Wildman–Crippen LogP) is 3.61. The first-order valence-electron chi connectivity index (χ1n) is 7.20. The van der Waals surface area contributed by atoms with E-state index in [1.165, 1.54) is 5.56 Å². The molecule has 0 atom stereocenters. The molecule has 4 nitrogen and oxygen atoms in total. The molecule has 0 fully saturated rings. The van der Waals surface area contributed by atoms with Gasteiger partial charge in [0.05, 0.1) is 23.6 Å². The summed E-state index contributed by atoms with van der Waals surface area (Å²) < 4.78 is 7.14. The summed E-state index contributed by atoms with van der Waals surface area (Å²) in [4.78, 5) is 12.0. The quantitative estimate of drug-likeness (QED) is 0.806. The second-order valence-corrected chi connectivity index (χ2v) is 5.75. The average molecular weight is 286 g/mol. The van der Waals surface area contributed by atoms with Crippen molar-refractivity contribution in [3.8, 4) is 5.69 Å². The van der Waals surface area contributed by atoms with E-state index in [1.54, 1.807) is 6.07 Å². The number of aromatic nitrogens is 2. The minimum atomic E-state index is -0.288. The lowest BCUT2D eigenvalue weighted by atomic mass is 10.2. The van der Waals surface area contributed by atoms with Crippen LogP contribution in [0.3, 0.4) is 0 Å². The van der Waals surface area contributed by atoms with Crippen molar-refractivity contribution < 1.29 is 9.53 Å². The third-order valence-corrected chi connectivity index (χ3v) is 3.53. The van der Waals surface area contributed by atoms with Crippen LogP contribution < -0.4 is 0 Å². The first-order valence-corrected chi connectivity index (χ1v) is 7.20. The van der Waals surface area contributed by atoms with Gasteiger partial charge in [-0.05, 0) is 50.5 Å². The van der Waals surface area contributed by atoms with Crippen molar-refractivity contribution in [3.05, 3.63) is 46.8 Å². The van der Waals surface area contributed by atoms with Crippen LogP contribution in [0, 0.1) is 26.7 Å². The maximum Gasteiger partial charge on any atom is 0.338 e. The molecule has 0 aliphatic heterocycles. The minimum absolute atomic E-state index is 0.288. The summed E-state index contributed by atoms with van der Waals surface area (Å²) >= 11 is 0. The van der Waals surface area contributed by atoms with Crippen molar-refractivity contribution >= 4 is 5.97 Å². The van der Waals surface area contributed by atoms with Crippen LogP contribution in [0.15, 0.2) is 24.3 Å². The van der Waals surface area contributed by atoms with E-state index in [1.807, 2.05) is 50.6 Å². The molecule has 0 unspecified atom stereocenters. The highest BCUT2D eigenvalue weighted by molar-refractivity contribution is 5.90. The number of hydrogen-bond acceptors (Lipinski definition) is 3. The molecule has 0 amide bonds. The lowest BCUT2D eigenvalue weighted by molar-refractivity contribution is 0.0459. The standard InChI is InChI=1S/C17H22N2O2/c1-11(2)10-21-17(20)15-7-6-8-16(9-15)19-14(5)12(3)13(4)18-19/h6-9,11H,10H2,1-5H3. The zero-order valence-electron chi connectivity index (χ0n) is 13.3. The molecule has 0 saturated heterocycles. The van der Waals surface area contributed by atoms with Gasteiger partial charge in [-0.25, -0.2) is 9.48 Å². The molecule has 0 aliphatic carbocycles. The number of esters is 1. The normalized spacial score (nSPS) is 11.0. The van der Waals surface area contributed by atoms with Crippen molar-refractivity contribution in [1.82, 2.24) is 9.78 Å². The molecule has 0 saturated carbocycles. The monoisotopic (exact) mass is 286 g/mol. The molecule has 4 heteroatoms. The summed E-state index contributed by atoms with van der Waals surface area (Å²) in [6, 6.07) is 7.39. The Morgan fingerprint density at radius 1 is 1.29 bits per heavy atom. The van der Waals surface area contributed by atoms with E-state index >= 15 is 0 Å². The molecule has 0 N–H and O–H groups in total. The summed E-state index contributed by atoms with van der Waals surface area (Å²) in [5.41, 5.74) is 4.68. The number of rotatable bonds is 4. The highest BCUT2D eigenvalue weighted by atomic mass is 16.5. The van der Waals surface area contributed by atoms with Gasteiger partial charge in [0, 0.05) is 5.69 Å². The number of ether oxygens (including phenoxy) is 1. The smallest absolute Gasteiger partial charge is 0.338 e. The van der Waals surface area contributed by atoms with Crippen molar-refractivity contribution in [2.45, 2.75) is 34.6 Å². The number of carbonyl (C=O) groups is 1.